The molecule has 1 fully saturated rings. The molecule has 2 aromatic heterocycles. The van der Waals surface area contributed by atoms with Gasteiger partial charge in [0.15, 0.2) is 0 Å². The fourth-order valence-electron chi connectivity index (χ4n) is 3.15. The minimum atomic E-state index is 0.609. The summed E-state index contributed by atoms with van der Waals surface area (Å²) >= 11 is 0. The van der Waals surface area contributed by atoms with Crippen LogP contribution in [0.1, 0.15) is 44.5 Å². The lowest BCUT2D eigenvalue weighted by molar-refractivity contribution is 0.565. The average Bonchev–Trinajstić information content (AvgIpc) is 2.95. The molecule has 1 aliphatic heterocycles. The molecule has 0 aromatic carbocycles. The van der Waals surface area contributed by atoms with E-state index < -0.39 is 0 Å². The highest BCUT2D eigenvalue weighted by atomic mass is 15.4. The van der Waals surface area contributed by atoms with Crippen molar-refractivity contribution in [2.24, 2.45) is 0 Å². The lowest BCUT2D eigenvalue weighted by atomic mass is 10.1. The Morgan fingerprint density at radius 3 is 2.21 bits per heavy atom. The molecule has 3 heterocycles. The molecule has 0 bridgehead atoms. The second-order valence-electron chi connectivity index (χ2n) is 6.29. The molecule has 0 amide bonds. The number of hydrogen-bond acceptors (Lipinski definition) is 6. The normalized spacial score (nSPS) is 14.9. The van der Waals surface area contributed by atoms with Crippen molar-refractivity contribution in [1.82, 2.24) is 24.7 Å². The number of piperidine rings is 1. The standard InChI is InChI=1S/C17H27N7/c1-5-22(6-2)15-18-16(23-10-8-7-9-11-23)20-17(19-15)24-14(4)12-13(3)21-24/h12H,5-11H2,1-4H3. The summed E-state index contributed by atoms with van der Waals surface area (Å²) in [6.07, 6.45) is 3.68. The predicted octanol–water partition coefficient (Wildman–Crippen LogP) is 2.51. The molecular formula is C17H27N7. The molecule has 0 spiro atoms. The molecule has 7 heteroatoms. The van der Waals surface area contributed by atoms with Crippen LogP contribution in [0.3, 0.4) is 0 Å². The number of aryl methyl sites for hydroxylation is 2. The summed E-state index contributed by atoms with van der Waals surface area (Å²) in [6.45, 7) is 12.0. The Bertz CT molecular complexity index is 684. The van der Waals surface area contributed by atoms with Crippen LogP contribution in [0.15, 0.2) is 6.07 Å². The molecule has 3 rings (SSSR count). The maximum Gasteiger partial charge on any atom is 0.257 e. The molecule has 24 heavy (non-hydrogen) atoms. The SMILES string of the molecule is CCN(CC)c1nc(N2CCCCC2)nc(-n2nc(C)cc2C)n1. The van der Waals surface area contributed by atoms with Crippen molar-refractivity contribution in [3.05, 3.63) is 17.5 Å². The summed E-state index contributed by atoms with van der Waals surface area (Å²) in [7, 11) is 0. The highest BCUT2D eigenvalue weighted by Gasteiger charge is 2.19. The van der Waals surface area contributed by atoms with E-state index in [2.05, 4.69) is 28.7 Å². The molecule has 0 N–H and O–H groups in total. The van der Waals surface area contributed by atoms with E-state index in [0.29, 0.717) is 5.95 Å². The minimum Gasteiger partial charge on any atom is -0.341 e. The van der Waals surface area contributed by atoms with Crippen molar-refractivity contribution < 1.29 is 0 Å². The van der Waals surface area contributed by atoms with Crippen LogP contribution in [0.25, 0.3) is 5.95 Å². The largest absolute Gasteiger partial charge is 0.341 e. The third-order valence-electron chi connectivity index (χ3n) is 4.48. The van der Waals surface area contributed by atoms with Crippen LogP contribution in [-0.2, 0) is 0 Å². The average molecular weight is 329 g/mol. The Kier molecular flexibility index (Phi) is 4.97. The molecule has 2 aromatic rings. The predicted molar refractivity (Wildman–Crippen MR) is 96.0 cm³/mol. The number of rotatable bonds is 5. The van der Waals surface area contributed by atoms with Gasteiger partial charge in [0.25, 0.3) is 5.95 Å². The fraction of sp³-hybridized carbons (Fsp3) is 0.647. The van der Waals surface area contributed by atoms with Crippen molar-refractivity contribution in [3.8, 4) is 5.95 Å². The van der Waals surface area contributed by atoms with Crippen molar-refractivity contribution >= 4 is 11.9 Å². The summed E-state index contributed by atoms with van der Waals surface area (Å²) in [6, 6.07) is 2.04. The van der Waals surface area contributed by atoms with Gasteiger partial charge in [0, 0.05) is 31.9 Å². The number of hydrogen-bond donors (Lipinski definition) is 0. The second-order valence-corrected chi connectivity index (χ2v) is 6.29. The van der Waals surface area contributed by atoms with Crippen LogP contribution in [0.2, 0.25) is 0 Å². The highest BCUT2D eigenvalue weighted by Crippen LogP contribution is 2.20. The Morgan fingerprint density at radius 2 is 1.62 bits per heavy atom. The van der Waals surface area contributed by atoms with E-state index in [1.54, 1.807) is 0 Å². The Morgan fingerprint density at radius 1 is 0.958 bits per heavy atom. The second kappa shape index (κ2) is 7.15. The first-order chi connectivity index (χ1) is 11.6. The van der Waals surface area contributed by atoms with E-state index >= 15 is 0 Å². The first-order valence-electron chi connectivity index (χ1n) is 8.92. The van der Waals surface area contributed by atoms with Gasteiger partial charge in [-0.05, 0) is 53.0 Å². The van der Waals surface area contributed by atoms with Gasteiger partial charge in [-0.2, -0.15) is 20.1 Å². The van der Waals surface area contributed by atoms with E-state index in [9.17, 15) is 0 Å². The number of nitrogens with zero attached hydrogens (tertiary/aromatic N) is 7. The van der Waals surface area contributed by atoms with E-state index in [0.717, 1.165) is 49.5 Å². The quantitative estimate of drug-likeness (QED) is 0.840. The summed E-state index contributed by atoms with van der Waals surface area (Å²) in [5.74, 6) is 2.12. The van der Waals surface area contributed by atoms with Gasteiger partial charge in [-0.3, -0.25) is 0 Å². The van der Waals surface area contributed by atoms with Gasteiger partial charge >= 0.3 is 0 Å². The van der Waals surface area contributed by atoms with Crippen LogP contribution in [0.5, 0.6) is 0 Å². The molecule has 1 saturated heterocycles. The first kappa shape index (κ1) is 16.7. The number of aromatic nitrogens is 5. The monoisotopic (exact) mass is 329 g/mol. The van der Waals surface area contributed by atoms with E-state index in [-0.39, 0.29) is 0 Å². The van der Waals surface area contributed by atoms with Crippen molar-refractivity contribution in [2.75, 3.05) is 36.0 Å². The minimum absolute atomic E-state index is 0.609. The van der Waals surface area contributed by atoms with Crippen LogP contribution in [0, 0.1) is 13.8 Å². The fourth-order valence-corrected chi connectivity index (χ4v) is 3.15. The van der Waals surface area contributed by atoms with Gasteiger partial charge in [-0.1, -0.05) is 0 Å². The molecule has 7 nitrogen and oxygen atoms in total. The Balaban J connectivity index is 2.06. The topological polar surface area (TPSA) is 63.0 Å². The smallest absolute Gasteiger partial charge is 0.257 e. The van der Waals surface area contributed by atoms with Crippen LogP contribution in [0.4, 0.5) is 11.9 Å². The van der Waals surface area contributed by atoms with Gasteiger partial charge in [0.2, 0.25) is 11.9 Å². The van der Waals surface area contributed by atoms with Crippen molar-refractivity contribution in [1.29, 1.82) is 0 Å². The maximum absolute atomic E-state index is 4.75. The van der Waals surface area contributed by atoms with Crippen LogP contribution < -0.4 is 9.80 Å². The van der Waals surface area contributed by atoms with Gasteiger partial charge in [-0.15, -0.1) is 0 Å². The zero-order chi connectivity index (χ0) is 17.1. The first-order valence-corrected chi connectivity index (χ1v) is 8.92. The highest BCUT2D eigenvalue weighted by molar-refractivity contribution is 5.42. The lowest BCUT2D eigenvalue weighted by Crippen LogP contribution is -2.33. The molecule has 0 saturated carbocycles. The third kappa shape index (κ3) is 3.34. The van der Waals surface area contributed by atoms with E-state index in [4.69, 9.17) is 15.0 Å². The summed E-state index contributed by atoms with van der Waals surface area (Å²) in [5, 5.41) is 4.55. The summed E-state index contributed by atoms with van der Waals surface area (Å²) < 4.78 is 1.82. The molecule has 0 aliphatic carbocycles. The summed E-state index contributed by atoms with van der Waals surface area (Å²) in [4.78, 5) is 18.6. The number of anilines is 2. The molecule has 130 valence electrons. The molecule has 0 unspecified atom stereocenters. The zero-order valence-electron chi connectivity index (χ0n) is 15.2. The lowest BCUT2D eigenvalue weighted by Gasteiger charge is -2.28. The van der Waals surface area contributed by atoms with Gasteiger partial charge < -0.3 is 9.80 Å². The van der Waals surface area contributed by atoms with Gasteiger partial charge in [0.05, 0.1) is 5.69 Å². The molecule has 0 radical (unpaired) electrons. The van der Waals surface area contributed by atoms with Crippen LogP contribution in [-0.4, -0.2) is 50.9 Å². The third-order valence-corrected chi connectivity index (χ3v) is 4.48. The summed E-state index contributed by atoms with van der Waals surface area (Å²) in [5.41, 5.74) is 2.01. The Labute approximate surface area is 143 Å². The zero-order valence-corrected chi connectivity index (χ0v) is 15.2. The molecular weight excluding hydrogens is 302 g/mol. The van der Waals surface area contributed by atoms with E-state index in [1.165, 1.54) is 19.3 Å². The van der Waals surface area contributed by atoms with Gasteiger partial charge in [-0.25, -0.2) is 4.68 Å². The van der Waals surface area contributed by atoms with E-state index in [1.807, 2.05) is 24.6 Å². The molecule has 0 atom stereocenters. The van der Waals surface area contributed by atoms with Crippen LogP contribution >= 0.6 is 0 Å². The maximum atomic E-state index is 4.75. The van der Waals surface area contributed by atoms with Gasteiger partial charge in [0.1, 0.15) is 0 Å². The Hall–Kier alpha value is -2.18. The van der Waals surface area contributed by atoms with Crippen molar-refractivity contribution in [3.63, 3.8) is 0 Å². The molecule has 1 aliphatic rings. The van der Waals surface area contributed by atoms with Crippen molar-refractivity contribution in [2.45, 2.75) is 47.0 Å².